The van der Waals surface area contributed by atoms with Crippen LogP contribution in [-0.4, -0.2) is 28.6 Å². The largest absolute Gasteiger partial charge is 0.464 e. The number of nitrogens with zero attached hydrogens (tertiary/aromatic N) is 3. The van der Waals surface area contributed by atoms with E-state index in [-0.39, 0.29) is 0 Å². The fraction of sp³-hybridized carbons (Fsp3) is 0.364. The maximum atomic E-state index is 5.30. The zero-order valence-corrected chi connectivity index (χ0v) is 13.0. The SMILES string of the molecule is CCOc1nc(NC)nc(NCc2cc(Br)cs2)n1. The molecule has 0 aliphatic rings. The molecule has 0 saturated heterocycles. The van der Waals surface area contributed by atoms with Crippen LogP contribution in [0.5, 0.6) is 6.01 Å². The smallest absolute Gasteiger partial charge is 0.323 e. The van der Waals surface area contributed by atoms with Crippen LogP contribution < -0.4 is 15.4 Å². The number of hydrogen-bond acceptors (Lipinski definition) is 7. The number of rotatable bonds is 6. The molecule has 0 unspecified atom stereocenters. The maximum absolute atomic E-state index is 5.30. The Labute approximate surface area is 123 Å². The predicted octanol–water partition coefficient (Wildman–Crippen LogP) is 2.75. The molecule has 0 saturated carbocycles. The van der Waals surface area contributed by atoms with E-state index in [9.17, 15) is 0 Å². The lowest BCUT2D eigenvalue weighted by atomic mass is 10.5. The average Bonchev–Trinajstić information content (AvgIpc) is 2.82. The molecule has 0 aliphatic carbocycles. The minimum atomic E-state index is 0.316. The highest BCUT2D eigenvalue weighted by atomic mass is 79.9. The van der Waals surface area contributed by atoms with Crippen molar-refractivity contribution in [3.05, 3.63) is 20.8 Å². The Kier molecular flexibility index (Phi) is 4.92. The van der Waals surface area contributed by atoms with Crippen molar-refractivity contribution in [2.75, 3.05) is 24.3 Å². The van der Waals surface area contributed by atoms with E-state index in [1.807, 2.05) is 12.3 Å². The lowest BCUT2D eigenvalue weighted by Gasteiger charge is -2.07. The van der Waals surface area contributed by atoms with Crippen LogP contribution in [-0.2, 0) is 6.54 Å². The highest BCUT2D eigenvalue weighted by Gasteiger charge is 2.06. The summed E-state index contributed by atoms with van der Waals surface area (Å²) in [5.41, 5.74) is 0. The van der Waals surface area contributed by atoms with E-state index in [0.29, 0.717) is 31.1 Å². The molecule has 0 spiro atoms. The van der Waals surface area contributed by atoms with Gasteiger partial charge in [0.25, 0.3) is 0 Å². The molecule has 0 fully saturated rings. The van der Waals surface area contributed by atoms with E-state index < -0.39 is 0 Å². The average molecular weight is 344 g/mol. The fourth-order valence-electron chi connectivity index (χ4n) is 1.35. The van der Waals surface area contributed by atoms with Gasteiger partial charge in [-0.1, -0.05) is 0 Å². The normalized spacial score (nSPS) is 10.3. The molecule has 0 radical (unpaired) electrons. The van der Waals surface area contributed by atoms with Gasteiger partial charge in [0, 0.05) is 21.8 Å². The van der Waals surface area contributed by atoms with E-state index in [2.05, 4.69) is 47.6 Å². The fourth-order valence-corrected chi connectivity index (χ4v) is 2.74. The third-order valence-corrected chi connectivity index (χ3v) is 3.85. The molecular weight excluding hydrogens is 330 g/mol. The Bertz CT molecular complexity index is 548. The van der Waals surface area contributed by atoms with Gasteiger partial charge in [-0.2, -0.15) is 15.0 Å². The summed E-state index contributed by atoms with van der Waals surface area (Å²) < 4.78 is 6.38. The van der Waals surface area contributed by atoms with Gasteiger partial charge in [0.05, 0.1) is 13.2 Å². The molecule has 2 heterocycles. The molecule has 0 amide bonds. The molecule has 19 heavy (non-hydrogen) atoms. The van der Waals surface area contributed by atoms with E-state index in [0.717, 1.165) is 4.47 Å². The molecule has 2 aromatic rings. The van der Waals surface area contributed by atoms with Crippen molar-refractivity contribution >= 4 is 39.2 Å². The van der Waals surface area contributed by atoms with Crippen molar-refractivity contribution in [3.8, 4) is 6.01 Å². The first kappa shape index (κ1) is 14.0. The van der Waals surface area contributed by atoms with Crippen molar-refractivity contribution in [2.45, 2.75) is 13.5 Å². The van der Waals surface area contributed by atoms with Crippen molar-refractivity contribution in [3.63, 3.8) is 0 Å². The number of hydrogen-bond donors (Lipinski definition) is 2. The Hall–Kier alpha value is -1.41. The van der Waals surface area contributed by atoms with Gasteiger partial charge in [-0.05, 0) is 28.9 Å². The third-order valence-electron chi connectivity index (χ3n) is 2.15. The molecule has 6 nitrogen and oxygen atoms in total. The van der Waals surface area contributed by atoms with Gasteiger partial charge >= 0.3 is 6.01 Å². The highest BCUT2D eigenvalue weighted by Crippen LogP contribution is 2.20. The Morgan fingerprint density at radius 3 is 2.74 bits per heavy atom. The maximum Gasteiger partial charge on any atom is 0.323 e. The van der Waals surface area contributed by atoms with Gasteiger partial charge in [-0.3, -0.25) is 0 Å². The Morgan fingerprint density at radius 2 is 2.11 bits per heavy atom. The zero-order valence-electron chi connectivity index (χ0n) is 10.6. The first-order chi connectivity index (χ1) is 9.21. The highest BCUT2D eigenvalue weighted by molar-refractivity contribution is 9.10. The molecule has 2 N–H and O–H groups in total. The molecule has 0 bridgehead atoms. The van der Waals surface area contributed by atoms with Crippen molar-refractivity contribution in [1.29, 1.82) is 0 Å². The van der Waals surface area contributed by atoms with Gasteiger partial charge in [0.15, 0.2) is 0 Å². The summed E-state index contributed by atoms with van der Waals surface area (Å²) in [6, 6.07) is 2.37. The Morgan fingerprint density at radius 1 is 1.32 bits per heavy atom. The van der Waals surface area contributed by atoms with Crippen LogP contribution in [0.1, 0.15) is 11.8 Å². The summed E-state index contributed by atoms with van der Waals surface area (Å²) in [6.45, 7) is 3.07. The van der Waals surface area contributed by atoms with Crippen LogP contribution in [0, 0.1) is 0 Å². The summed E-state index contributed by atoms with van der Waals surface area (Å²) in [7, 11) is 1.76. The van der Waals surface area contributed by atoms with E-state index >= 15 is 0 Å². The number of ether oxygens (including phenoxy) is 1. The molecular formula is C11H14BrN5OS. The minimum Gasteiger partial charge on any atom is -0.464 e. The molecule has 0 aliphatic heterocycles. The Balaban J connectivity index is 2.08. The number of nitrogens with one attached hydrogen (secondary N) is 2. The van der Waals surface area contributed by atoms with Crippen molar-refractivity contribution < 1.29 is 4.74 Å². The lowest BCUT2D eigenvalue weighted by molar-refractivity contribution is 0.312. The van der Waals surface area contributed by atoms with E-state index in [4.69, 9.17) is 4.74 Å². The van der Waals surface area contributed by atoms with Crippen LogP contribution >= 0.6 is 27.3 Å². The summed E-state index contributed by atoms with van der Waals surface area (Å²) in [5.74, 6) is 0.973. The first-order valence-electron chi connectivity index (χ1n) is 5.74. The second-order valence-electron chi connectivity index (χ2n) is 3.53. The third kappa shape index (κ3) is 4.03. The zero-order chi connectivity index (χ0) is 13.7. The monoisotopic (exact) mass is 343 g/mol. The molecule has 2 rings (SSSR count). The number of thiophene rings is 1. The predicted molar refractivity (Wildman–Crippen MR) is 79.9 cm³/mol. The van der Waals surface area contributed by atoms with Crippen LogP contribution in [0.4, 0.5) is 11.9 Å². The van der Waals surface area contributed by atoms with Gasteiger partial charge < -0.3 is 15.4 Å². The van der Waals surface area contributed by atoms with Gasteiger partial charge in [0.2, 0.25) is 11.9 Å². The summed E-state index contributed by atoms with van der Waals surface area (Å²) in [6.07, 6.45) is 0. The number of halogens is 1. The summed E-state index contributed by atoms with van der Waals surface area (Å²) in [5, 5.41) is 8.07. The standard InChI is InChI=1S/C11H14BrN5OS/c1-3-18-11-16-9(13-2)15-10(17-11)14-5-8-4-7(12)6-19-8/h4,6H,3,5H2,1-2H3,(H2,13,14,15,16,17). The van der Waals surface area contributed by atoms with Crippen molar-refractivity contribution in [2.24, 2.45) is 0 Å². The van der Waals surface area contributed by atoms with E-state index in [1.54, 1.807) is 18.4 Å². The summed E-state index contributed by atoms with van der Waals surface area (Å²) in [4.78, 5) is 13.7. The number of anilines is 2. The van der Waals surface area contributed by atoms with Crippen LogP contribution in [0.15, 0.2) is 15.9 Å². The molecule has 8 heteroatoms. The van der Waals surface area contributed by atoms with Gasteiger partial charge in [-0.25, -0.2) is 0 Å². The molecule has 2 aromatic heterocycles. The molecule has 0 atom stereocenters. The van der Waals surface area contributed by atoms with Crippen molar-refractivity contribution in [1.82, 2.24) is 15.0 Å². The topological polar surface area (TPSA) is 72.0 Å². The quantitative estimate of drug-likeness (QED) is 0.840. The van der Waals surface area contributed by atoms with Gasteiger partial charge in [-0.15, -0.1) is 11.3 Å². The second kappa shape index (κ2) is 6.67. The van der Waals surface area contributed by atoms with E-state index in [1.165, 1.54) is 4.88 Å². The lowest BCUT2D eigenvalue weighted by Crippen LogP contribution is -2.08. The molecule has 0 aromatic carbocycles. The minimum absolute atomic E-state index is 0.316. The van der Waals surface area contributed by atoms with Crippen LogP contribution in [0.2, 0.25) is 0 Å². The van der Waals surface area contributed by atoms with Gasteiger partial charge in [0.1, 0.15) is 0 Å². The van der Waals surface area contributed by atoms with Crippen LogP contribution in [0.25, 0.3) is 0 Å². The van der Waals surface area contributed by atoms with Crippen LogP contribution in [0.3, 0.4) is 0 Å². The second-order valence-corrected chi connectivity index (χ2v) is 5.44. The summed E-state index contributed by atoms with van der Waals surface area (Å²) >= 11 is 5.09. The molecule has 102 valence electrons. The number of aromatic nitrogens is 3. The first-order valence-corrected chi connectivity index (χ1v) is 7.42.